The molecule has 2 aromatic rings. The number of pyridine rings is 2. The van der Waals surface area contributed by atoms with Gasteiger partial charge in [-0.05, 0) is 31.2 Å². The Hall–Kier alpha value is -2.43. The van der Waals surface area contributed by atoms with Crippen molar-refractivity contribution >= 4 is 5.91 Å². The van der Waals surface area contributed by atoms with Gasteiger partial charge in [0.2, 0.25) is 5.88 Å². The van der Waals surface area contributed by atoms with Gasteiger partial charge >= 0.3 is 0 Å². The van der Waals surface area contributed by atoms with E-state index >= 15 is 0 Å². The summed E-state index contributed by atoms with van der Waals surface area (Å²) in [4.78, 5) is 20.1. The van der Waals surface area contributed by atoms with E-state index in [9.17, 15) is 4.79 Å². The van der Waals surface area contributed by atoms with E-state index in [1.165, 1.54) is 0 Å². The molecule has 0 aliphatic rings. The van der Waals surface area contributed by atoms with Crippen LogP contribution in [0.25, 0.3) is 11.3 Å². The second kappa shape index (κ2) is 5.95. The lowest BCUT2D eigenvalue weighted by molar-refractivity contribution is 0.0958. The van der Waals surface area contributed by atoms with E-state index in [1.807, 2.05) is 25.1 Å². The zero-order valence-corrected chi connectivity index (χ0v) is 10.9. The monoisotopic (exact) mass is 257 g/mol. The SMILES string of the molecule is CCOc1ncccc1-c1cccc(C(=O)NC)n1. The summed E-state index contributed by atoms with van der Waals surface area (Å²) in [5.41, 5.74) is 1.80. The third-order valence-electron chi connectivity index (χ3n) is 2.54. The molecule has 0 aliphatic heterocycles. The van der Waals surface area contributed by atoms with E-state index < -0.39 is 0 Å². The van der Waals surface area contributed by atoms with E-state index in [2.05, 4.69) is 15.3 Å². The molecule has 0 bridgehead atoms. The number of carbonyl (C=O) groups excluding carboxylic acids is 1. The number of rotatable bonds is 4. The summed E-state index contributed by atoms with van der Waals surface area (Å²) in [5.74, 6) is 0.301. The third-order valence-corrected chi connectivity index (χ3v) is 2.54. The van der Waals surface area contributed by atoms with Crippen molar-refractivity contribution in [1.82, 2.24) is 15.3 Å². The number of ether oxygens (including phenoxy) is 1. The van der Waals surface area contributed by atoms with Crippen LogP contribution in [0.5, 0.6) is 5.88 Å². The highest BCUT2D eigenvalue weighted by Crippen LogP contribution is 2.26. The molecule has 0 saturated heterocycles. The van der Waals surface area contributed by atoms with Crippen molar-refractivity contribution in [2.45, 2.75) is 6.92 Å². The molecule has 19 heavy (non-hydrogen) atoms. The van der Waals surface area contributed by atoms with Crippen molar-refractivity contribution in [2.24, 2.45) is 0 Å². The van der Waals surface area contributed by atoms with Crippen LogP contribution in [-0.2, 0) is 0 Å². The molecule has 0 spiro atoms. The summed E-state index contributed by atoms with van der Waals surface area (Å²) in [6, 6.07) is 8.96. The molecule has 2 aromatic heterocycles. The minimum Gasteiger partial charge on any atom is -0.477 e. The van der Waals surface area contributed by atoms with Gasteiger partial charge in [0.05, 0.1) is 17.9 Å². The lowest BCUT2D eigenvalue weighted by atomic mass is 10.1. The Morgan fingerprint density at radius 1 is 1.32 bits per heavy atom. The predicted molar refractivity (Wildman–Crippen MR) is 72.0 cm³/mol. The quantitative estimate of drug-likeness (QED) is 0.908. The fraction of sp³-hybridized carbons (Fsp3) is 0.214. The van der Waals surface area contributed by atoms with Crippen LogP contribution >= 0.6 is 0 Å². The standard InChI is InChI=1S/C14H15N3O2/c1-3-19-14-10(6-5-9-16-14)11-7-4-8-12(17-11)13(18)15-2/h4-9H,3H2,1-2H3,(H,15,18). The number of hydrogen-bond acceptors (Lipinski definition) is 4. The van der Waals surface area contributed by atoms with Crippen LogP contribution in [0.2, 0.25) is 0 Å². The molecule has 98 valence electrons. The molecule has 0 radical (unpaired) electrons. The molecular weight excluding hydrogens is 242 g/mol. The van der Waals surface area contributed by atoms with Crippen molar-refractivity contribution in [1.29, 1.82) is 0 Å². The summed E-state index contributed by atoms with van der Waals surface area (Å²) in [5, 5.41) is 2.55. The predicted octanol–water partition coefficient (Wildman–Crippen LogP) is 1.90. The number of amides is 1. The Kier molecular flexibility index (Phi) is 4.07. The number of nitrogens with zero attached hydrogens (tertiary/aromatic N) is 2. The summed E-state index contributed by atoms with van der Waals surface area (Å²) in [6.07, 6.45) is 1.66. The van der Waals surface area contributed by atoms with Crippen molar-refractivity contribution in [3.05, 3.63) is 42.2 Å². The maximum Gasteiger partial charge on any atom is 0.269 e. The second-order valence-corrected chi connectivity index (χ2v) is 3.78. The van der Waals surface area contributed by atoms with Gasteiger partial charge in [0.1, 0.15) is 5.69 Å². The highest BCUT2D eigenvalue weighted by atomic mass is 16.5. The third kappa shape index (κ3) is 2.88. The van der Waals surface area contributed by atoms with Gasteiger partial charge in [-0.1, -0.05) is 6.07 Å². The van der Waals surface area contributed by atoms with E-state index in [1.54, 1.807) is 25.4 Å². The lowest BCUT2D eigenvalue weighted by Crippen LogP contribution is -2.19. The zero-order valence-electron chi connectivity index (χ0n) is 10.9. The van der Waals surface area contributed by atoms with Crippen molar-refractivity contribution in [2.75, 3.05) is 13.7 Å². The molecule has 2 rings (SSSR count). The minimum absolute atomic E-state index is 0.219. The van der Waals surface area contributed by atoms with Gasteiger partial charge in [-0.2, -0.15) is 0 Å². The van der Waals surface area contributed by atoms with Crippen molar-refractivity contribution < 1.29 is 9.53 Å². The largest absolute Gasteiger partial charge is 0.477 e. The molecule has 0 saturated carbocycles. The second-order valence-electron chi connectivity index (χ2n) is 3.78. The molecule has 0 fully saturated rings. The van der Waals surface area contributed by atoms with E-state index in [0.29, 0.717) is 23.9 Å². The Balaban J connectivity index is 2.44. The van der Waals surface area contributed by atoms with Gasteiger partial charge in [0, 0.05) is 13.2 Å². The first-order valence-electron chi connectivity index (χ1n) is 6.03. The van der Waals surface area contributed by atoms with Gasteiger partial charge < -0.3 is 10.1 Å². The highest BCUT2D eigenvalue weighted by molar-refractivity contribution is 5.92. The van der Waals surface area contributed by atoms with Crippen molar-refractivity contribution in [3.63, 3.8) is 0 Å². The van der Waals surface area contributed by atoms with Gasteiger partial charge in [0.15, 0.2) is 0 Å². The van der Waals surface area contributed by atoms with Crippen LogP contribution < -0.4 is 10.1 Å². The van der Waals surface area contributed by atoms with Gasteiger partial charge in [-0.25, -0.2) is 9.97 Å². The molecule has 0 aromatic carbocycles. The maximum absolute atomic E-state index is 11.6. The summed E-state index contributed by atoms with van der Waals surface area (Å²) in [6.45, 7) is 2.42. The molecule has 1 amide bonds. The number of aromatic nitrogens is 2. The number of carbonyl (C=O) groups is 1. The fourth-order valence-electron chi connectivity index (χ4n) is 1.68. The Labute approximate surface area is 111 Å². The van der Waals surface area contributed by atoms with Crippen LogP contribution in [0.4, 0.5) is 0 Å². The van der Waals surface area contributed by atoms with Crippen LogP contribution in [0.3, 0.4) is 0 Å². The summed E-state index contributed by atoms with van der Waals surface area (Å²) in [7, 11) is 1.58. The van der Waals surface area contributed by atoms with Crippen LogP contribution in [0, 0.1) is 0 Å². The first-order chi connectivity index (χ1) is 9.26. The topological polar surface area (TPSA) is 64.1 Å². The molecule has 1 N–H and O–H groups in total. The van der Waals surface area contributed by atoms with Crippen LogP contribution in [0.1, 0.15) is 17.4 Å². The maximum atomic E-state index is 11.6. The molecule has 2 heterocycles. The number of nitrogens with one attached hydrogen (secondary N) is 1. The average molecular weight is 257 g/mol. The lowest BCUT2D eigenvalue weighted by Gasteiger charge is -2.08. The summed E-state index contributed by atoms with van der Waals surface area (Å²) < 4.78 is 5.47. The summed E-state index contributed by atoms with van der Waals surface area (Å²) >= 11 is 0. The fourth-order valence-corrected chi connectivity index (χ4v) is 1.68. The zero-order chi connectivity index (χ0) is 13.7. The Morgan fingerprint density at radius 2 is 2.16 bits per heavy atom. The van der Waals surface area contributed by atoms with Gasteiger partial charge in [0.25, 0.3) is 5.91 Å². The minimum atomic E-state index is -0.219. The molecule has 5 heteroatoms. The first kappa shape index (κ1) is 13.0. The molecular formula is C14H15N3O2. The molecule has 0 aliphatic carbocycles. The van der Waals surface area contributed by atoms with Crippen LogP contribution in [-0.4, -0.2) is 29.5 Å². The molecule has 5 nitrogen and oxygen atoms in total. The normalized spacial score (nSPS) is 10.0. The smallest absolute Gasteiger partial charge is 0.269 e. The first-order valence-corrected chi connectivity index (χ1v) is 6.03. The van der Waals surface area contributed by atoms with E-state index in [0.717, 1.165) is 5.56 Å². The van der Waals surface area contributed by atoms with E-state index in [-0.39, 0.29) is 5.91 Å². The average Bonchev–Trinajstić information content (AvgIpc) is 2.47. The number of hydrogen-bond donors (Lipinski definition) is 1. The Morgan fingerprint density at radius 3 is 2.89 bits per heavy atom. The van der Waals surface area contributed by atoms with E-state index in [4.69, 9.17) is 4.74 Å². The van der Waals surface area contributed by atoms with Gasteiger partial charge in [-0.3, -0.25) is 4.79 Å². The van der Waals surface area contributed by atoms with Crippen LogP contribution in [0.15, 0.2) is 36.5 Å². The highest BCUT2D eigenvalue weighted by Gasteiger charge is 2.11. The van der Waals surface area contributed by atoms with Crippen molar-refractivity contribution in [3.8, 4) is 17.1 Å². The molecule has 0 atom stereocenters. The molecule has 0 unspecified atom stereocenters. The van der Waals surface area contributed by atoms with Gasteiger partial charge in [-0.15, -0.1) is 0 Å². The Bertz CT molecular complexity index is 584.